The minimum absolute atomic E-state index is 0.151. The summed E-state index contributed by atoms with van der Waals surface area (Å²) in [6.07, 6.45) is -0.472. The molecule has 0 saturated carbocycles. The van der Waals surface area contributed by atoms with E-state index in [9.17, 15) is 0 Å². The van der Waals surface area contributed by atoms with Crippen molar-refractivity contribution in [1.82, 2.24) is 0 Å². The molecule has 1 atom stereocenters. The fraction of sp³-hybridized carbons (Fsp3) is 0.600. The molecule has 0 rings (SSSR count). The van der Waals surface area contributed by atoms with Gasteiger partial charge in [0.25, 0.3) is 0 Å². The Bertz CT molecular complexity index is 79.7. The van der Waals surface area contributed by atoms with Crippen LogP contribution in [-0.2, 0) is 4.89 Å². The predicted octanol–water partition coefficient (Wildman–Crippen LogP) is 0.413. The molecule has 3 nitrogen and oxygen atoms in total. The van der Waals surface area contributed by atoms with E-state index in [1.54, 1.807) is 6.92 Å². The van der Waals surface area contributed by atoms with Crippen LogP contribution >= 0.6 is 0 Å². The van der Waals surface area contributed by atoms with E-state index in [0.29, 0.717) is 5.57 Å². The third-order valence-electron chi connectivity index (χ3n) is 0.936. The summed E-state index contributed by atoms with van der Waals surface area (Å²) < 4.78 is 0. The summed E-state index contributed by atoms with van der Waals surface area (Å²) in [6.45, 7) is 4.85. The lowest BCUT2D eigenvalue weighted by Gasteiger charge is -2.06. The van der Waals surface area contributed by atoms with Crippen molar-refractivity contribution < 1.29 is 15.3 Å². The van der Waals surface area contributed by atoms with Gasteiger partial charge in [-0.15, -0.1) is 0 Å². The summed E-state index contributed by atoms with van der Waals surface area (Å²) >= 11 is 0. The minimum Gasteiger partial charge on any atom is -0.392 e. The molecule has 3 heteroatoms. The Balaban J connectivity index is 3.46. The molecule has 0 aliphatic rings. The second kappa shape index (κ2) is 3.60. The van der Waals surface area contributed by atoms with E-state index < -0.39 is 6.10 Å². The second-order valence-corrected chi connectivity index (χ2v) is 1.56. The van der Waals surface area contributed by atoms with E-state index in [-0.39, 0.29) is 6.61 Å². The first-order chi connectivity index (χ1) is 3.72. The average Bonchev–Trinajstić information content (AvgIpc) is 1.84. The smallest absolute Gasteiger partial charge is 0.113 e. The van der Waals surface area contributed by atoms with Gasteiger partial charge in [-0.1, -0.05) is 6.58 Å². The zero-order chi connectivity index (χ0) is 6.57. The van der Waals surface area contributed by atoms with Gasteiger partial charge < -0.3 is 5.11 Å². The van der Waals surface area contributed by atoms with E-state index >= 15 is 0 Å². The number of rotatable bonds is 3. The van der Waals surface area contributed by atoms with E-state index in [4.69, 9.17) is 10.4 Å². The fourth-order valence-electron chi connectivity index (χ4n) is 0.203. The number of aliphatic hydroxyl groups excluding tert-OH is 1. The minimum atomic E-state index is -0.472. The molecule has 0 aromatic rings. The third-order valence-corrected chi connectivity index (χ3v) is 0.936. The van der Waals surface area contributed by atoms with E-state index in [1.165, 1.54) is 0 Å². The zero-order valence-electron chi connectivity index (χ0n) is 4.79. The van der Waals surface area contributed by atoms with Crippen LogP contribution < -0.4 is 0 Å². The third kappa shape index (κ3) is 2.07. The molecule has 0 aromatic carbocycles. The van der Waals surface area contributed by atoms with Crippen LogP contribution in [0.4, 0.5) is 0 Å². The molecular formula is C5H10O3. The summed E-state index contributed by atoms with van der Waals surface area (Å²) in [7, 11) is 0. The highest BCUT2D eigenvalue weighted by Crippen LogP contribution is 1.98. The highest BCUT2D eigenvalue weighted by Gasteiger charge is 2.02. The Morgan fingerprint density at radius 2 is 2.38 bits per heavy atom. The van der Waals surface area contributed by atoms with Crippen LogP contribution in [0, 0.1) is 0 Å². The van der Waals surface area contributed by atoms with Crippen LogP contribution in [0.3, 0.4) is 0 Å². The van der Waals surface area contributed by atoms with Crippen molar-refractivity contribution in [2.45, 2.75) is 13.0 Å². The van der Waals surface area contributed by atoms with Crippen LogP contribution in [0.5, 0.6) is 0 Å². The molecular weight excluding hydrogens is 108 g/mol. The molecule has 0 saturated heterocycles. The van der Waals surface area contributed by atoms with Gasteiger partial charge in [-0.05, 0) is 12.5 Å². The maximum Gasteiger partial charge on any atom is 0.113 e. The molecule has 0 aliphatic carbocycles. The van der Waals surface area contributed by atoms with Crippen molar-refractivity contribution in [3.8, 4) is 0 Å². The Morgan fingerprint density at radius 3 is 2.50 bits per heavy atom. The molecule has 2 N–H and O–H groups in total. The normalized spacial score (nSPS) is 13.4. The summed E-state index contributed by atoms with van der Waals surface area (Å²) in [5.74, 6) is 0. The van der Waals surface area contributed by atoms with Gasteiger partial charge in [0.2, 0.25) is 0 Å². The van der Waals surface area contributed by atoms with Crippen molar-refractivity contribution in [2.75, 3.05) is 6.61 Å². The highest BCUT2D eigenvalue weighted by atomic mass is 17.1. The predicted molar refractivity (Wildman–Crippen MR) is 29.4 cm³/mol. The maximum absolute atomic E-state index is 8.35. The Labute approximate surface area is 48.1 Å². The largest absolute Gasteiger partial charge is 0.392 e. The number of aliphatic hydroxyl groups is 1. The topological polar surface area (TPSA) is 49.7 Å². The lowest BCUT2D eigenvalue weighted by molar-refractivity contribution is -0.264. The molecule has 1 unspecified atom stereocenters. The first-order valence-corrected chi connectivity index (χ1v) is 2.31. The molecule has 0 bridgehead atoms. The van der Waals surface area contributed by atoms with E-state index in [1.807, 2.05) is 0 Å². The van der Waals surface area contributed by atoms with Crippen LogP contribution in [-0.4, -0.2) is 23.1 Å². The summed E-state index contributed by atoms with van der Waals surface area (Å²) in [4.78, 5) is 3.84. The van der Waals surface area contributed by atoms with Crippen molar-refractivity contribution in [3.05, 3.63) is 12.2 Å². The maximum atomic E-state index is 8.35. The van der Waals surface area contributed by atoms with E-state index in [0.717, 1.165) is 0 Å². The fourth-order valence-corrected chi connectivity index (χ4v) is 0.203. The molecule has 0 heterocycles. The zero-order valence-corrected chi connectivity index (χ0v) is 4.79. The molecule has 0 fully saturated rings. The number of hydrogen-bond acceptors (Lipinski definition) is 3. The number of hydrogen-bond donors (Lipinski definition) is 2. The van der Waals surface area contributed by atoms with E-state index in [2.05, 4.69) is 11.5 Å². The lowest BCUT2D eigenvalue weighted by Crippen LogP contribution is -2.10. The molecule has 8 heavy (non-hydrogen) atoms. The van der Waals surface area contributed by atoms with Crippen molar-refractivity contribution in [1.29, 1.82) is 0 Å². The van der Waals surface area contributed by atoms with Gasteiger partial charge in [-0.3, -0.25) is 5.26 Å². The Morgan fingerprint density at radius 1 is 1.88 bits per heavy atom. The van der Waals surface area contributed by atoms with Crippen LogP contribution in [0.1, 0.15) is 6.92 Å². The van der Waals surface area contributed by atoms with Gasteiger partial charge in [0.15, 0.2) is 0 Å². The van der Waals surface area contributed by atoms with Gasteiger partial charge in [0.05, 0.1) is 6.61 Å². The van der Waals surface area contributed by atoms with Crippen molar-refractivity contribution in [3.63, 3.8) is 0 Å². The monoisotopic (exact) mass is 118 g/mol. The second-order valence-electron chi connectivity index (χ2n) is 1.56. The standard InChI is InChI=1S/C5H10O3/c1-4(3-6)5(2)8-7/h5-7H,1,3H2,2H3. The first kappa shape index (κ1) is 7.62. The molecule has 0 aromatic heterocycles. The van der Waals surface area contributed by atoms with Gasteiger partial charge >= 0.3 is 0 Å². The van der Waals surface area contributed by atoms with Gasteiger partial charge in [-0.25, -0.2) is 4.89 Å². The summed E-state index contributed by atoms with van der Waals surface area (Å²) in [5, 5.41) is 16.3. The Kier molecular flexibility index (Phi) is 3.43. The van der Waals surface area contributed by atoms with Gasteiger partial charge in [0.1, 0.15) is 6.10 Å². The SMILES string of the molecule is C=C(CO)C(C)OO. The van der Waals surface area contributed by atoms with Gasteiger partial charge in [-0.2, -0.15) is 0 Å². The van der Waals surface area contributed by atoms with Crippen molar-refractivity contribution >= 4 is 0 Å². The van der Waals surface area contributed by atoms with Gasteiger partial charge in [0, 0.05) is 0 Å². The highest BCUT2D eigenvalue weighted by molar-refractivity contribution is 4.99. The molecule has 48 valence electrons. The molecule has 0 spiro atoms. The Hall–Kier alpha value is -0.380. The van der Waals surface area contributed by atoms with Crippen LogP contribution in [0.2, 0.25) is 0 Å². The van der Waals surface area contributed by atoms with Crippen LogP contribution in [0.15, 0.2) is 12.2 Å². The molecule has 0 radical (unpaired) electrons. The summed E-state index contributed by atoms with van der Waals surface area (Å²) in [5.41, 5.74) is 0.465. The molecule has 0 amide bonds. The average molecular weight is 118 g/mol. The summed E-state index contributed by atoms with van der Waals surface area (Å²) in [6, 6.07) is 0. The first-order valence-electron chi connectivity index (χ1n) is 2.31. The van der Waals surface area contributed by atoms with Crippen molar-refractivity contribution in [2.24, 2.45) is 0 Å². The van der Waals surface area contributed by atoms with Crippen LogP contribution in [0.25, 0.3) is 0 Å². The molecule has 0 aliphatic heterocycles. The lowest BCUT2D eigenvalue weighted by atomic mass is 10.2. The quantitative estimate of drug-likeness (QED) is 0.320.